The van der Waals surface area contributed by atoms with Crippen LogP contribution < -0.4 is 14.8 Å². The van der Waals surface area contributed by atoms with Gasteiger partial charge in [0.05, 0.1) is 25.4 Å². The Kier molecular flexibility index (Phi) is 8.72. The van der Waals surface area contributed by atoms with Crippen molar-refractivity contribution < 1.29 is 14.3 Å². The van der Waals surface area contributed by atoms with Gasteiger partial charge in [-0.1, -0.05) is 42.1 Å². The molecule has 2 aromatic heterocycles. The molecule has 8 nitrogen and oxygen atoms in total. The number of ether oxygens (including phenoxy) is 2. The molecule has 4 aromatic rings. The van der Waals surface area contributed by atoms with E-state index in [0.29, 0.717) is 37.3 Å². The topological polar surface area (TPSA) is 91.2 Å². The minimum absolute atomic E-state index is 0.0949. The van der Waals surface area contributed by atoms with Crippen LogP contribution in [0.1, 0.15) is 12.5 Å². The third kappa shape index (κ3) is 7.07. The minimum Gasteiger partial charge on any atom is -0.494 e. The molecular formula is C26H27N5O3S. The average molecular weight is 490 g/mol. The summed E-state index contributed by atoms with van der Waals surface area (Å²) in [5, 5.41) is 12.3. The van der Waals surface area contributed by atoms with Crippen LogP contribution in [0.4, 0.5) is 0 Å². The number of aromatic nitrogens is 4. The molecule has 1 amide bonds. The van der Waals surface area contributed by atoms with Crippen LogP contribution in [0.2, 0.25) is 0 Å². The number of thioether (sulfide) groups is 1. The molecule has 0 saturated heterocycles. The average Bonchev–Trinajstić information content (AvgIpc) is 3.30. The molecule has 0 aliphatic heterocycles. The maximum absolute atomic E-state index is 12.4. The quantitative estimate of drug-likeness (QED) is 0.237. The van der Waals surface area contributed by atoms with Crippen molar-refractivity contribution in [3.63, 3.8) is 0 Å². The van der Waals surface area contributed by atoms with Gasteiger partial charge in [0, 0.05) is 18.0 Å². The van der Waals surface area contributed by atoms with Crippen LogP contribution in [0.5, 0.6) is 11.5 Å². The number of carbonyl (C=O) groups excluding carboxylic acids is 1. The second-order valence-electron chi connectivity index (χ2n) is 7.51. The molecule has 0 aliphatic carbocycles. The lowest BCUT2D eigenvalue weighted by Gasteiger charge is -2.11. The van der Waals surface area contributed by atoms with Crippen molar-refractivity contribution in [1.29, 1.82) is 0 Å². The van der Waals surface area contributed by atoms with E-state index in [-0.39, 0.29) is 11.7 Å². The first kappa shape index (κ1) is 24.3. The largest absolute Gasteiger partial charge is 0.494 e. The van der Waals surface area contributed by atoms with E-state index in [2.05, 4.69) is 32.6 Å². The van der Waals surface area contributed by atoms with Crippen molar-refractivity contribution in [2.75, 3.05) is 25.5 Å². The van der Waals surface area contributed by atoms with Crippen molar-refractivity contribution in [3.05, 3.63) is 84.7 Å². The smallest absolute Gasteiger partial charge is 0.230 e. The fourth-order valence-electron chi connectivity index (χ4n) is 3.35. The van der Waals surface area contributed by atoms with Gasteiger partial charge in [-0.15, -0.1) is 10.2 Å². The van der Waals surface area contributed by atoms with Crippen LogP contribution in [-0.2, 0) is 11.3 Å². The second-order valence-corrected chi connectivity index (χ2v) is 8.45. The van der Waals surface area contributed by atoms with Gasteiger partial charge in [-0.25, -0.2) is 0 Å². The number of rotatable bonds is 12. The summed E-state index contributed by atoms with van der Waals surface area (Å²) in [5.41, 5.74) is 1.99. The molecule has 0 unspecified atom stereocenters. The van der Waals surface area contributed by atoms with Gasteiger partial charge in [-0.2, -0.15) is 0 Å². The summed E-state index contributed by atoms with van der Waals surface area (Å²) in [6, 6.07) is 21.3. The Hall–Kier alpha value is -3.85. The predicted molar refractivity (Wildman–Crippen MR) is 136 cm³/mol. The lowest BCUT2D eigenvalue weighted by molar-refractivity contribution is -0.118. The molecule has 1 N–H and O–H groups in total. The maximum Gasteiger partial charge on any atom is 0.230 e. The molecular weight excluding hydrogens is 462 g/mol. The summed E-state index contributed by atoms with van der Waals surface area (Å²) in [7, 11) is 0. The molecule has 0 radical (unpaired) electrons. The SMILES string of the molecule is CCOc1ccc(OCCNC(=O)CSc2nnc(-c3cccnc3)n2Cc2ccccc2)cc1. The summed E-state index contributed by atoms with van der Waals surface area (Å²) < 4.78 is 13.1. The zero-order valence-corrected chi connectivity index (χ0v) is 20.3. The van der Waals surface area contributed by atoms with Crippen molar-refractivity contribution >= 4 is 17.7 Å². The van der Waals surface area contributed by atoms with Crippen LogP contribution in [0.15, 0.2) is 84.3 Å². The number of hydrogen-bond donors (Lipinski definition) is 1. The molecule has 2 heterocycles. The number of carbonyl (C=O) groups is 1. The van der Waals surface area contributed by atoms with E-state index >= 15 is 0 Å². The van der Waals surface area contributed by atoms with Crippen molar-refractivity contribution in [1.82, 2.24) is 25.1 Å². The monoisotopic (exact) mass is 489 g/mol. The van der Waals surface area contributed by atoms with Crippen molar-refractivity contribution in [2.24, 2.45) is 0 Å². The highest BCUT2D eigenvalue weighted by Gasteiger charge is 2.16. The Bertz CT molecular complexity index is 1200. The zero-order valence-electron chi connectivity index (χ0n) is 19.5. The maximum atomic E-state index is 12.4. The van der Waals surface area contributed by atoms with E-state index in [1.54, 1.807) is 12.4 Å². The van der Waals surface area contributed by atoms with Crippen molar-refractivity contribution in [2.45, 2.75) is 18.6 Å². The van der Waals surface area contributed by atoms with Crippen LogP contribution in [0.25, 0.3) is 11.4 Å². The Balaban J connectivity index is 1.31. The lowest BCUT2D eigenvalue weighted by atomic mass is 10.2. The summed E-state index contributed by atoms with van der Waals surface area (Å²) in [5.74, 6) is 2.38. The molecule has 0 fully saturated rings. The standard InChI is InChI=1S/C26H27N5O3S/c1-2-33-22-10-12-23(13-11-22)34-16-15-28-24(32)19-35-26-30-29-25(21-9-6-14-27-17-21)31(26)18-20-7-4-3-5-8-20/h3-14,17H,2,15-16,18-19H2,1H3,(H,28,32). The van der Waals surface area contributed by atoms with Gasteiger partial charge < -0.3 is 14.8 Å². The molecule has 0 bridgehead atoms. The first-order chi connectivity index (χ1) is 17.2. The molecule has 0 spiro atoms. The summed E-state index contributed by atoms with van der Waals surface area (Å²) >= 11 is 1.35. The number of nitrogens with one attached hydrogen (secondary N) is 1. The fourth-order valence-corrected chi connectivity index (χ4v) is 4.12. The summed E-state index contributed by atoms with van der Waals surface area (Å²) in [6.45, 7) is 3.94. The number of nitrogens with zero attached hydrogens (tertiary/aromatic N) is 4. The highest BCUT2D eigenvalue weighted by atomic mass is 32.2. The predicted octanol–water partition coefficient (Wildman–Crippen LogP) is 4.07. The lowest BCUT2D eigenvalue weighted by Crippen LogP contribution is -2.29. The first-order valence-electron chi connectivity index (χ1n) is 11.4. The van der Waals surface area contributed by atoms with Gasteiger partial charge in [-0.3, -0.25) is 14.3 Å². The van der Waals surface area contributed by atoms with E-state index in [9.17, 15) is 4.79 Å². The fraction of sp³-hybridized carbons (Fsp3) is 0.231. The van der Waals surface area contributed by atoms with E-state index in [4.69, 9.17) is 9.47 Å². The highest BCUT2D eigenvalue weighted by molar-refractivity contribution is 7.99. The Morgan fingerprint density at radius 2 is 1.74 bits per heavy atom. The molecule has 0 atom stereocenters. The molecule has 0 aliphatic rings. The van der Waals surface area contributed by atoms with E-state index in [1.807, 2.05) is 66.1 Å². The van der Waals surface area contributed by atoms with E-state index in [1.165, 1.54) is 11.8 Å². The molecule has 4 rings (SSSR count). The number of amides is 1. The number of hydrogen-bond acceptors (Lipinski definition) is 7. The molecule has 180 valence electrons. The highest BCUT2D eigenvalue weighted by Crippen LogP contribution is 2.24. The van der Waals surface area contributed by atoms with Gasteiger partial charge in [0.2, 0.25) is 5.91 Å². The second kappa shape index (κ2) is 12.6. The normalized spacial score (nSPS) is 10.7. The van der Waals surface area contributed by atoms with Gasteiger partial charge in [0.1, 0.15) is 18.1 Å². The number of pyridine rings is 1. The Morgan fingerprint density at radius 1 is 0.971 bits per heavy atom. The molecule has 2 aromatic carbocycles. The van der Waals surface area contributed by atoms with E-state index < -0.39 is 0 Å². The zero-order chi connectivity index (χ0) is 24.3. The van der Waals surface area contributed by atoms with Crippen LogP contribution >= 0.6 is 11.8 Å². The minimum atomic E-state index is -0.0949. The van der Waals surface area contributed by atoms with Crippen LogP contribution in [-0.4, -0.2) is 51.2 Å². The Morgan fingerprint density at radius 3 is 2.46 bits per heavy atom. The molecule has 35 heavy (non-hydrogen) atoms. The van der Waals surface area contributed by atoms with E-state index in [0.717, 1.165) is 22.6 Å². The summed E-state index contributed by atoms with van der Waals surface area (Å²) in [6.07, 6.45) is 3.48. The molecule has 9 heteroatoms. The third-order valence-electron chi connectivity index (χ3n) is 4.98. The van der Waals surface area contributed by atoms with Crippen molar-refractivity contribution in [3.8, 4) is 22.9 Å². The summed E-state index contributed by atoms with van der Waals surface area (Å²) in [4.78, 5) is 16.6. The number of benzene rings is 2. The van der Waals surface area contributed by atoms with Gasteiger partial charge in [0.15, 0.2) is 11.0 Å². The Labute approximate surface area is 208 Å². The van der Waals surface area contributed by atoms with Gasteiger partial charge in [-0.05, 0) is 48.9 Å². The first-order valence-corrected chi connectivity index (χ1v) is 12.3. The van der Waals surface area contributed by atoms with Gasteiger partial charge in [0.25, 0.3) is 0 Å². The molecule has 0 saturated carbocycles. The van der Waals surface area contributed by atoms with Crippen LogP contribution in [0.3, 0.4) is 0 Å². The third-order valence-corrected chi connectivity index (χ3v) is 5.95. The van der Waals surface area contributed by atoms with Crippen LogP contribution in [0, 0.1) is 0 Å². The van der Waals surface area contributed by atoms with Gasteiger partial charge >= 0.3 is 0 Å².